The van der Waals surface area contributed by atoms with Crippen LogP contribution in [-0.4, -0.2) is 49.6 Å². The van der Waals surface area contributed by atoms with Gasteiger partial charge in [0, 0.05) is 12.1 Å². The second kappa shape index (κ2) is 8.74. The zero-order chi connectivity index (χ0) is 21.9. The van der Waals surface area contributed by atoms with Gasteiger partial charge in [-0.05, 0) is 25.2 Å². The molecule has 0 saturated heterocycles. The first-order valence-corrected chi connectivity index (χ1v) is 9.28. The Morgan fingerprint density at radius 3 is 2.57 bits per heavy atom. The first-order chi connectivity index (χ1) is 14.2. The fourth-order valence-corrected chi connectivity index (χ4v) is 3.48. The SMILES string of the molecule is COc1ccccc1CN(C)CC(=O)N1c2ccccc2NC(=O)C[C@H]1C(F)(F)F. The fourth-order valence-electron chi connectivity index (χ4n) is 3.48. The van der Waals surface area contributed by atoms with E-state index in [1.54, 1.807) is 30.1 Å². The largest absolute Gasteiger partial charge is 0.496 e. The van der Waals surface area contributed by atoms with E-state index in [1.165, 1.54) is 25.3 Å². The Balaban J connectivity index is 1.88. The first kappa shape index (κ1) is 21.6. The fraction of sp³-hybridized carbons (Fsp3) is 0.333. The second-order valence-electron chi connectivity index (χ2n) is 7.07. The van der Waals surface area contributed by atoms with Crippen LogP contribution >= 0.6 is 0 Å². The highest BCUT2D eigenvalue weighted by Gasteiger charge is 2.49. The average Bonchev–Trinajstić information content (AvgIpc) is 2.83. The van der Waals surface area contributed by atoms with E-state index in [1.807, 2.05) is 12.1 Å². The van der Waals surface area contributed by atoms with E-state index in [4.69, 9.17) is 4.74 Å². The number of carbonyl (C=O) groups is 2. The minimum Gasteiger partial charge on any atom is -0.496 e. The van der Waals surface area contributed by atoms with Crippen LogP contribution in [0.15, 0.2) is 48.5 Å². The number of anilines is 2. The summed E-state index contributed by atoms with van der Waals surface area (Å²) in [5.41, 5.74) is 1.01. The summed E-state index contributed by atoms with van der Waals surface area (Å²) < 4.78 is 46.6. The summed E-state index contributed by atoms with van der Waals surface area (Å²) in [5, 5.41) is 2.45. The molecular formula is C21H22F3N3O3. The Kier molecular flexibility index (Phi) is 6.31. The van der Waals surface area contributed by atoms with Crippen molar-refractivity contribution in [3.05, 3.63) is 54.1 Å². The van der Waals surface area contributed by atoms with Gasteiger partial charge >= 0.3 is 6.18 Å². The van der Waals surface area contributed by atoms with Crippen LogP contribution in [0.5, 0.6) is 5.75 Å². The molecule has 1 aliphatic rings. The van der Waals surface area contributed by atoms with Crippen molar-refractivity contribution in [3.63, 3.8) is 0 Å². The van der Waals surface area contributed by atoms with Crippen LogP contribution in [-0.2, 0) is 16.1 Å². The van der Waals surface area contributed by atoms with E-state index >= 15 is 0 Å². The van der Waals surface area contributed by atoms with Gasteiger partial charge in [0.15, 0.2) is 0 Å². The van der Waals surface area contributed by atoms with Crippen LogP contribution in [0.3, 0.4) is 0 Å². The molecule has 2 aromatic carbocycles. The van der Waals surface area contributed by atoms with Crippen LogP contribution in [0.4, 0.5) is 24.5 Å². The molecule has 0 saturated carbocycles. The third kappa shape index (κ3) is 4.73. The number of ether oxygens (including phenoxy) is 1. The van der Waals surface area contributed by atoms with Crippen LogP contribution in [0.25, 0.3) is 0 Å². The number of nitrogens with zero attached hydrogens (tertiary/aromatic N) is 2. The minimum absolute atomic E-state index is 0.0290. The smallest absolute Gasteiger partial charge is 0.409 e. The van der Waals surface area contributed by atoms with E-state index in [-0.39, 0.29) is 17.9 Å². The van der Waals surface area contributed by atoms with E-state index in [0.717, 1.165) is 5.56 Å². The summed E-state index contributed by atoms with van der Waals surface area (Å²) in [5.74, 6) is -0.916. The molecule has 30 heavy (non-hydrogen) atoms. The van der Waals surface area contributed by atoms with Crippen molar-refractivity contribution in [2.24, 2.45) is 0 Å². The zero-order valence-electron chi connectivity index (χ0n) is 16.6. The van der Waals surface area contributed by atoms with Gasteiger partial charge in [-0.15, -0.1) is 0 Å². The molecule has 1 aliphatic heterocycles. The lowest BCUT2D eigenvalue weighted by Gasteiger charge is -2.33. The first-order valence-electron chi connectivity index (χ1n) is 9.28. The molecule has 1 atom stereocenters. The van der Waals surface area contributed by atoms with Gasteiger partial charge in [0.2, 0.25) is 11.8 Å². The van der Waals surface area contributed by atoms with Gasteiger partial charge in [-0.3, -0.25) is 19.4 Å². The molecule has 6 nitrogen and oxygen atoms in total. The third-order valence-electron chi connectivity index (χ3n) is 4.81. The molecule has 0 aromatic heterocycles. The van der Waals surface area contributed by atoms with Crippen molar-refractivity contribution in [1.82, 2.24) is 4.90 Å². The van der Waals surface area contributed by atoms with Gasteiger partial charge in [0.1, 0.15) is 11.8 Å². The molecule has 0 fully saturated rings. The predicted molar refractivity (Wildman–Crippen MR) is 106 cm³/mol. The molecular weight excluding hydrogens is 399 g/mol. The number of methoxy groups -OCH3 is 1. The second-order valence-corrected chi connectivity index (χ2v) is 7.07. The molecule has 1 N–H and O–H groups in total. The third-order valence-corrected chi connectivity index (χ3v) is 4.81. The zero-order valence-corrected chi connectivity index (χ0v) is 16.6. The maximum Gasteiger partial charge on any atom is 0.409 e. The van der Waals surface area contributed by atoms with Crippen molar-refractivity contribution in [1.29, 1.82) is 0 Å². The monoisotopic (exact) mass is 421 g/mol. The Hall–Kier alpha value is -3.07. The molecule has 0 unspecified atom stereocenters. The Morgan fingerprint density at radius 1 is 1.20 bits per heavy atom. The predicted octanol–water partition coefficient (Wildman–Crippen LogP) is 3.43. The standard InChI is InChI=1S/C21H22F3N3O3/c1-26(12-14-7-3-6-10-17(14)30-2)13-20(29)27-16-9-5-4-8-15(16)25-19(28)11-18(27)21(22,23)24/h3-10,18H,11-13H2,1-2H3,(H,25,28)/t18-/m0/s1. The minimum atomic E-state index is -4.76. The van der Waals surface area contributed by atoms with Crippen LogP contribution in [0, 0.1) is 0 Å². The summed E-state index contributed by atoms with van der Waals surface area (Å²) in [7, 11) is 3.16. The van der Waals surface area contributed by atoms with Crippen molar-refractivity contribution >= 4 is 23.2 Å². The van der Waals surface area contributed by atoms with Gasteiger partial charge < -0.3 is 10.1 Å². The highest BCUT2D eigenvalue weighted by atomic mass is 19.4. The molecule has 160 valence electrons. The molecule has 2 aromatic rings. The lowest BCUT2D eigenvalue weighted by Crippen LogP contribution is -2.52. The summed E-state index contributed by atoms with van der Waals surface area (Å²) >= 11 is 0. The molecule has 0 aliphatic carbocycles. The van der Waals surface area contributed by atoms with Gasteiger partial charge in [-0.2, -0.15) is 13.2 Å². The van der Waals surface area contributed by atoms with Crippen molar-refractivity contribution in [2.75, 3.05) is 30.9 Å². The van der Waals surface area contributed by atoms with E-state index in [9.17, 15) is 22.8 Å². The number of benzene rings is 2. The number of hydrogen-bond donors (Lipinski definition) is 1. The highest BCUT2D eigenvalue weighted by molar-refractivity contribution is 6.05. The number of carbonyl (C=O) groups excluding carboxylic acids is 2. The number of amides is 2. The van der Waals surface area contributed by atoms with E-state index in [0.29, 0.717) is 17.2 Å². The van der Waals surface area contributed by atoms with Gasteiger partial charge in [-0.25, -0.2) is 0 Å². The Bertz CT molecular complexity index is 933. The molecule has 0 radical (unpaired) electrons. The van der Waals surface area contributed by atoms with Crippen LogP contribution in [0.2, 0.25) is 0 Å². The summed E-state index contributed by atoms with van der Waals surface area (Å²) in [4.78, 5) is 27.4. The quantitative estimate of drug-likeness (QED) is 0.804. The van der Waals surface area contributed by atoms with E-state index in [2.05, 4.69) is 5.32 Å². The van der Waals surface area contributed by atoms with Crippen molar-refractivity contribution < 1.29 is 27.5 Å². The molecule has 0 bridgehead atoms. The normalized spacial score (nSPS) is 16.7. The van der Waals surface area contributed by atoms with Crippen LogP contribution < -0.4 is 15.0 Å². The number of halogens is 3. The number of para-hydroxylation sites is 3. The number of hydrogen-bond acceptors (Lipinski definition) is 4. The van der Waals surface area contributed by atoms with Gasteiger partial charge in [0.05, 0.1) is 31.5 Å². The number of likely N-dealkylation sites (N-methyl/N-ethyl adjacent to an activating group) is 1. The number of fused-ring (bicyclic) bond motifs is 1. The van der Waals surface area contributed by atoms with Crippen molar-refractivity contribution in [2.45, 2.75) is 25.2 Å². The molecule has 3 rings (SSSR count). The van der Waals surface area contributed by atoms with Crippen LogP contribution in [0.1, 0.15) is 12.0 Å². The summed E-state index contributed by atoms with van der Waals surface area (Å²) in [6.45, 7) is 0.0340. The number of rotatable bonds is 5. The number of nitrogens with one attached hydrogen (secondary N) is 1. The molecule has 2 amide bonds. The summed E-state index contributed by atoms with van der Waals surface area (Å²) in [6, 6.07) is 11.0. The van der Waals surface area contributed by atoms with Gasteiger partial charge in [0.25, 0.3) is 0 Å². The Morgan fingerprint density at radius 2 is 1.87 bits per heavy atom. The average molecular weight is 421 g/mol. The lowest BCUT2D eigenvalue weighted by molar-refractivity contribution is -0.158. The number of alkyl halides is 3. The molecule has 9 heteroatoms. The van der Waals surface area contributed by atoms with Gasteiger partial charge in [-0.1, -0.05) is 30.3 Å². The highest BCUT2D eigenvalue weighted by Crippen LogP contribution is 2.37. The lowest BCUT2D eigenvalue weighted by atomic mass is 10.1. The Labute approximate surface area is 172 Å². The topological polar surface area (TPSA) is 61.9 Å². The molecule has 1 heterocycles. The maximum atomic E-state index is 13.8. The van der Waals surface area contributed by atoms with E-state index < -0.39 is 30.5 Å². The maximum absolute atomic E-state index is 13.8. The summed E-state index contributed by atoms with van der Waals surface area (Å²) in [6.07, 6.45) is -5.62. The van der Waals surface area contributed by atoms with Crippen molar-refractivity contribution in [3.8, 4) is 5.75 Å². The molecule has 0 spiro atoms.